The van der Waals surface area contributed by atoms with Crippen LogP contribution < -0.4 is 10.2 Å². The molecule has 3 rings (SSSR count). The van der Waals surface area contributed by atoms with Crippen LogP contribution in [-0.2, 0) is 11.2 Å². The van der Waals surface area contributed by atoms with Gasteiger partial charge >= 0.3 is 0 Å². The highest BCUT2D eigenvalue weighted by molar-refractivity contribution is 7.17. The van der Waals surface area contributed by atoms with Crippen LogP contribution in [0.4, 0.5) is 11.8 Å². The van der Waals surface area contributed by atoms with Gasteiger partial charge in [0.1, 0.15) is 10.6 Å². The largest absolute Gasteiger partial charge is 0.372 e. The first kappa shape index (κ1) is 15.0. The summed E-state index contributed by atoms with van der Waals surface area (Å²) in [6, 6.07) is 0. The molecule has 1 N–H and O–H groups in total. The van der Waals surface area contributed by atoms with Gasteiger partial charge in [-0.25, -0.2) is 4.98 Å². The maximum Gasteiger partial charge on any atom is 0.228 e. The highest BCUT2D eigenvalue weighted by Crippen LogP contribution is 2.32. The molecule has 0 atom stereocenters. The first-order valence-corrected chi connectivity index (χ1v) is 8.55. The molecular weight excluding hydrogens is 298 g/mol. The summed E-state index contributed by atoms with van der Waals surface area (Å²) in [6.45, 7) is 5.20. The summed E-state index contributed by atoms with van der Waals surface area (Å²) in [5.74, 6) is 1.66. The van der Waals surface area contributed by atoms with Crippen LogP contribution in [0.15, 0.2) is 5.38 Å². The zero-order valence-corrected chi connectivity index (χ0v) is 13.8. The van der Waals surface area contributed by atoms with E-state index in [0.717, 1.165) is 67.4 Å². The van der Waals surface area contributed by atoms with E-state index in [9.17, 15) is 4.79 Å². The third-order valence-corrected chi connectivity index (χ3v) is 4.92. The third kappa shape index (κ3) is 2.72. The van der Waals surface area contributed by atoms with Crippen LogP contribution in [0.2, 0.25) is 0 Å². The van der Waals surface area contributed by atoms with E-state index >= 15 is 0 Å². The molecule has 0 aliphatic carbocycles. The molecule has 0 saturated carbocycles. The van der Waals surface area contributed by atoms with Gasteiger partial charge in [-0.05, 0) is 17.4 Å². The maximum atomic E-state index is 10.8. The molecule has 1 saturated heterocycles. The highest BCUT2D eigenvalue weighted by atomic mass is 32.1. The molecule has 3 heterocycles. The fraction of sp³-hybridized carbons (Fsp3) is 0.533. The van der Waals surface area contributed by atoms with Crippen LogP contribution in [0, 0.1) is 0 Å². The van der Waals surface area contributed by atoms with Crippen molar-refractivity contribution in [3.8, 4) is 0 Å². The minimum absolute atomic E-state index is 0.727. The van der Waals surface area contributed by atoms with Gasteiger partial charge in [0, 0.05) is 33.2 Å². The monoisotopic (exact) mass is 319 g/mol. The molecule has 0 bridgehead atoms. The van der Waals surface area contributed by atoms with E-state index in [1.165, 1.54) is 5.56 Å². The zero-order chi connectivity index (χ0) is 15.5. The Labute approximate surface area is 134 Å². The predicted molar refractivity (Wildman–Crippen MR) is 90.8 cm³/mol. The number of hydrogen-bond acceptors (Lipinski definition) is 6. The van der Waals surface area contributed by atoms with Crippen LogP contribution >= 0.6 is 11.3 Å². The molecule has 2 aromatic heterocycles. The number of amides is 1. The van der Waals surface area contributed by atoms with Gasteiger partial charge in [-0.2, -0.15) is 4.98 Å². The molecule has 1 aliphatic heterocycles. The molecule has 6 nitrogen and oxygen atoms in total. The fourth-order valence-electron chi connectivity index (χ4n) is 2.79. The van der Waals surface area contributed by atoms with E-state index < -0.39 is 0 Å². The van der Waals surface area contributed by atoms with Crippen molar-refractivity contribution in [2.45, 2.75) is 19.8 Å². The van der Waals surface area contributed by atoms with Crippen molar-refractivity contribution in [3.05, 3.63) is 10.9 Å². The molecule has 118 valence electrons. The molecule has 0 aromatic carbocycles. The molecule has 22 heavy (non-hydrogen) atoms. The lowest BCUT2D eigenvalue weighted by molar-refractivity contribution is -0.118. The molecule has 1 aliphatic rings. The Morgan fingerprint density at radius 3 is 2.73 bits per heavy atom. The first-order valence-electron chi connectivity index (χ1n) is 7.67. The number of carbonyl (C=O) groups is 1. The summed E-state index contributed by atoms with van der Waals surface area (Å²) < 4.78 is 0. The summed E-state index contributed by atoms with van der Waals surface area (Å²) in [6.07, 6.45) is 3.08. The Hall–Kier alpha value is -1.89. The number of fused-ring (bicyclic) bond motifs is 1. The van der Waals surface area contributed by atoms with E-state index in [0.29, 0.717) is 0 Å². The minimum atomic E-state index is 0.727. The zero-order valence-electron chi connectivity index (χ0n) is 13.0. The van der Waals surface area contributed by atoms with Crippen LogP contribution in [0.1, 0.15) is 18.9 Å². The molecular formula is C15H21N5OS. The third-order valence-electron chi connectivity index (χ3n) is 4.00. The number of anilines is 2. The molecule has 7 heteroatoms. The predicted octanol–water partition coefficient (Wildman–Crippen LogP) is 1.96. The standard InChI is InChI=1S/C15H21N5OS/c1-3-4-11-9-22-14-12(11)13(16-2)17-15(18-14)20-7-5-19(10-21)6-8-20/h9-10H,3-8H2,1-2H3,(H,16,17,18). The Morgan fingerprint density at radius 1 is 1.32 bits per heavy atom. The quantitative estimate of drug-likeness (QED) is 0.854. The summed E-state index contributed by atoms with van der Waals surface area (Å²) in [5, 5.41) is 6.57. The van der Waals surface area contributed by atoms with Crippen LogP contribution in [0.5, 0.6) is 0 Å². The Bertz CT molecular complexity index is 663. The van der Waals surface area contributed by atoms with E-state index in [2.05, 4.69) is 22.5 Å². The van der Waals surface area contributed by atoms with Crippen molar-refractivity contribution < 1.29 is 4.79 Å². The number of aryl methyl sites for hydroxylation is 1. The van der Waals surface area contributed by atoms with Gasteiger partial charge in [0.25, 0.3) is 0 Å². The topological polar surface area (TPSA) is 61.4 Å². The Balaban J connectivity index is 1.93. The Morgan fingerprint density at radius 2 is 2.09 bits per heavy atom. The SMILES string of the molecule is CCCc1csc2nc(N3CCN(C=O)CC3)nc(NC)c12. The number of rotatable bonds is 5. The normalized spacial score (nSPS) is 15.4. The van der Waals surface area contributed by atoms with Crippen LogP contribution in [-0.4, -0.2) is 54.5 Å². The van der Waals surface area contributed by atoms with Gasteiger partial charge < -0.3 is 15.1 Å². The first-order chi connectivity index (χ1) is 10.8. The molecule has 1 fully saturated rings. The van der Waals surface area contributed by atoms with Crippen molar-refractivity contribution in [3.63, 3.8) is 0 Å². The van der Waals surface area contributed by atoms with Gasteiger partial charge in [-0.3, -0.25) is 4.79 Å². The highest BCUT2D eigenvalue weighted by Gasteiger charge is 2.20. The average molecular weight is 319 g/mol. The van der Waals surface area contributed by atoms with Crippen LogP contribution in [0.25, 0.3) is 10.2 Å². The fourth-order valence-corrected chi connectivity index (χ4v) is 3.76. The van der Waals surface area contributed by atoms with E-state index in [4.69, 9.17) is 9.97 Å². The number of carbonyl (C=O) groups excluding carboxylic acids is 1. The molecule has 1 amide bonds. The van der Waals surface area contributed by atoms with E-state index in [1.54, 1.807) is 16.2 Å². The van der Waals surface area contributed by atoms with E-state index in [-0.39, 0.29) is 0 Å². The van der Waals surface area contributed by atoms with Gasteiger partial charge in [0.15, 0.2) is 0 Å². The lowest BCUT2D eigenvalue weighted by Gasteiger charge is -2.32. The van der Waals surface area contributed by atoms with Crippen molar-refractivity contribution in [1.29, 1.82) is 0 Å². The van der Waals surface area contributed by atoms with Gasteiger partial charge in [0.05, 0.1) is 5.39 Å². The smallest absolute Gasteiger partial charge is 0.228 e. The second-order valence-electron chi connectivity index (χ2n) is 5.44. The van der Waals surface area contributed by atoms with Gasteiger partial charge in [-0.1, -0.05) is 13.3 Å². The van der Waals surface area contributed by atoms with Crippen molar-refractivity contribution in [2.24, 2.45) is 0 Å². The summed E-state index contributed by atoms with van der Waals surface area (Å²) >= 11 is 1.68. The molecule has 0 unspecified atom stereocenters. The minimum Gasteiger partial charge on any atom is -0.372 e. The summed E-state index contributed by atoms with van der Waals surface area (Å²) in [5.41, 5.74) is 1.32. The lowest BCUT2D eigenvalue weighted by atomic mass is 10.1. The van der Waals surface area contributed by atoms with Crippen molar-refractivity contribution >= 4 is 39.7 Å². The second kappa shape index (κ2) is 6.48. The van der Waals surface area contributed by atoms with Gasteiger partial charge in [0.2, 0.25) is 12.4 Å². The summed E-state index contributed by atoms with van der Waals surface area (Å²) in [7, 11) is 1.91. The number of nitrogens with one attached hydrogen (secondary N) is 1. The number of hydrogen-bond donors (Lipinski definition) is 1. The number of piperazine rings is 1. The number of thiophene rings is 1. The summed E-state index contributed by atoms with van der Waals surface area (Å²) in [4.78, 5) is 25.3. The second-order valence-corrected chi connectivity index (χ2v) is 6.30. The Kier molecular flexibility index (Phi) is 4.42. The molecule has 2 aromatic rings. The average Bonchev–Trinajstić information content (AvgIpc) is 2.97. The van der Waals surface area contributed by atoms with Crippen molar-refractivity contribution in [2.75, 3.05) is 43.4 Å². The van der Waals surface area contributed by atoms with Crippen molar-refractivity contribution in [1.82, 2.24) is 14.9 Å². The van der Waals surface area contributed by atoms with E-state index in [1.807, 2.05) is 7.05 Å². The molecule has 0 spiro atoms. The van der Waals surface area contributed by atoms with Crippen LogP contribution in [0.3, 0.4) is 0 Å². The number of nitrogens with zero attached hydrogens (tertiary/aromatic N) is 4. The number of aromatic nitrogens is 2. The lowest BCUT2D eigenvalue weighted by Crippen LogP contribution is -2.46. The van der Waals surface area contributed by atoms with Gasteiger partial charge in [-0.15, -0.1) is 11.3 Å². The molecule has 0 radical (unpaired) electrons. The maximum absolute atomic E-state index is 10.8.